The summed E-state index contributed by atoms with van der Waals surface area (Å²) in [6, 6.07) is 4.84. The summed E-state index contributed by atoms with van der Waals surface area (Å²) in [5.74, 6) is -0.177. The smallest absolute Gasteiger partial charge is 0.350 e. The van der Waals surface area contributed by atoms with Gasteiger partial charge in [-0.25, -0.2) is 9.97 Å². The molecule has 3 aromatic rings. The molecule has 2 aromatic heterocycles. The van der Waals surface area contributed by atoms with E-state index in [1.165, 1.54) is 18.6 Å². The van der Waals surface area contributed by atoms with Crippen molar-refractivity contribution in [1.29, 1.82) is 0 Å². The van der Waals surface area contributed by atoms with Gasteiger partial charge in [-0.05, 0) is 39.0 Å². The van der Waals surface area contributed by atoms with Gasteiger partial charge in [0.15, 0.2) is 5.65 Å². The average Bonchev–Trinajstić information content (AvgIpc) is 2.94. The molecule has 1 amide bonds. The van der Waals surface area contributed by atoms with Crippen LogP contribution in [0, 0.1) is 0 Å². The summed E-state index contributed by atoms with van der Waals surface area (Å²) in [4.78, 5) is 20.7. The molecule has 0 aliphatic rings. The van der Waals surface area contributed by atoms with E-state index in [1.807, 2.05) is 20.8 Å². The van der Waals surface area contributed by atoms with Gasteiger partial charge in [0.1, 0.15) is 12.1 Å². The molecule has 2 heterocycles. The molecule has 1 aromatic carbocycles. The number of halogens is 4. The molecule has 0 unspecified atom stereocenters. The van der Waals surface area contributed by atoms with Crippen LogP contribution in [-0.4, -0.2) is 26.0 Å². The molecule has 0 radical (unpaired) electrons. The number of carbonyl (C=O) groups is 1. The molecule has 148 valence electrons. The first-order valence-electron chi connectivity index (χ1n) is 8.43. The number of hydrogen-bond donors (Lipinski definition) is 1. The number of aromatic nitrogens is 3. The van der Waals surface area contributed by atoms with Crippen LogP contribution in [0.3, 0.4) is 0 Å². The van der Waals surface area contributed by atoms with Crippen molar-refractivity contribution in [2.75, 3.05) is 0 Å². The van der Waals surface area contributed by atoms with Crippen molar-refractivity contribution in [2.45, 2.75) is 39.0 Å². The van der Waals surface area contributed by atoms with Crippen molar-refractivity contribution < 1.29 is 18.0 Å². The molecular weight excluding hydrogens is 393 g/mol. The highest BCUT2D eigenvalue weighted by molar-refractivity contribution is 6.33. The molecule has 0 saturated carbocycles. The Kier molecular flexibility index (Phi) is 5.10. The van der Waals surface area contributed by atoms with Gasteiger partial charge in [0, 0.05) is 27.9 Å². The minimum absolute atomic E-state index is 0.0278. The lowest BCUT2D eigenvalue weighted by atomic mass is 10.0. The SMILES string of the molecule is CC(C)(C)NC(=O)Cn1cnc2cc(-c3ccc(C(F)(F)F)cc3Cl)cnc21. The summed E-state index contributed by atoms with van der Waals surface area (Å²) in [5, 5.41) is 2.83. The fraction of sp³-hybridized carbons (Fsp3) is 0.316. The second-order valence-corrected chi connectivity index (χ2v) is 7.84. The second-order valence-electron chi connectivity index (χ2n) is 7.43. The number of carbonyl (C=O) groups excluding carboxylic acids is 1. The fourth-order valence-corrected chi connectivity index (χ4v) is 3.04. The van der Waals surface area contributed by atoms with E-state index in [-0.39, 0.29) is 23.0 Å². The first-order valence-corrected chi connectivity index (χ1v) is 8.81. The maximum Gasteiger partial charge on any atom is 0.416 e. The Balaban J connectivity index is 1.89. The number of imidazole rings is 1. The van der Waals surface area contributed by atoms with E-state index in [0.717, 1.165) is 12.1 Å². The third kappa shape index (κ3) is 4.44. The summed E-state index contributed by atoms with van der Waals surface area (Å²) in [6.45, 7) is 5.71. The molecule has 1 N–H and O–H groups in total. The van der Waals surface area contributed by atoms with Crippen LogP contribution < -0.4 is 5.32 Å². The molecule has 0 atom stereocenters. The zero-order valence-electron chi connectivity index (χ0n) is 15.4. The molecule has 0 saturated heterocycles. The number of rotatable bonds is 3. The fourth-order valence-electron chi connectivity index (χ4n) is 2.75. The van der Waals surface area contributed by atoms with Gasteiger partial charge >= 0.3 is 6.18 Å². The topological polar surface area (TPSA) is 59.8 Å². The lowest BCUT2D eigenvalue weighted by Crippen LogP contribution is -2.42. The van der Waals surface area contributed by atoms with Crippen LogP contribution in [0.5, 0.6) is 0 Å². The average molecular weight is 411 g/mol. The Hall–Kier alpha value is -2.61. The van der Waals surface area contributed by atoms with Crippen LogP contribution in [0.1, 0.15) is 26.3 Å². The van der Waals surface area contributed by atoms with Crippen molar-refractivity contribution in [2.24, 2.45) is 0 Å². The summed E-state index contributed by atoms with van der Waals surface area (Å²) < 4.78 is 40.0. The van der Waals surface area contributed by atoms with E-state index >= 15 is 0 Å². The van der Waals surface area contributed by atoms with Crippen LogP contribution in [0.4, 0.5) is 13.2 Å². The van der Waals surface area contributed by atoms with Crippen molar-refractivity contribution >= 4 is 28.7 Å². The van der Waals surface area contributed by atoms with E-state index in [4.69, 9.17) is 11.6 Å². The lowest BCUT2D eigenvalue weighted by Gasteiger charge is -2.20. The Morgan fingerprint density at radius 2 is 1.89 bits per heavy atom. The molecule has 0 bridgehead atoms. The Morgan fingerprint density at radius 1 is 1.18 bits per heavy atom. The highest BCUT2D eigenvalue weighted by atomic mass is 35.5. The molecule has 28 heavy (non-hydrogen) atoms. The minimum Gasteiger partial charge on any atom is -0.350 e. The number of fused-ring (bicyclic) bond motifs is 1. The minimum atomic E-state index is -4.46. The van der Waals surface area contributed by atoms with Crippen molar-refractivity contribution in [3.05, 3.63) is 47.4 Å². The highest BCUT2D eigenvalue weighted by Crippen LogP contribution is 2.35. The Bertz CT molecular complexity index is 1040. The van der Waals surface area contributed by atoms with E-state index < -0.39 is 11.7 Å². The van der Waals surface area contributed by atoms with Crippen LogP contribution in [0.15, 0.2) is 36.8 Å². The largest absolute Gasteiger partial charge is 0.416 e. The number of nitrogens with zero attached hydrogens (tertiary/aromatic N) is 3. The van der Waals surface area contributed by atoms with E-state index in [9.17, 15) is 18.0 Å². The first kappa shape index (κ1) is 20.1. The van der Waals surface area contributed by atoms with Gasteiger partial charge < -0.3 is 9.88 Å². The molecule has 0 aliphatic carbocycles. The molecule has 3 rings (SSSR count). The van der Waals surface area contributed by atoms with Crippen LogP contribution >= 0.6 is 11.6 Å². The first-order chi connectivity index (χ1) is 12.9. The third-order valence-corrected chi connectivity index (χ3v) is 4.20. The van der Waals surface area contributed by atoms with Crippen molar-refractivity contribution in [3.63, 3.8) is 0 Å². The quantitative estimate of drug-likeness (QED) is 0.681. The summed E-state index contributed by atoms with van der Waals surface area (Å²) >= 11 is 6.05. The number of hydrogen-bond acceptors (Lipinski definition) is 3. The van der Waals surface area contributed by atoms with Crippen LogP contribution in [0.25, 0.3) is 22.3 Å². The zero-order valence-corrected chi connectivity index (χ0v) is 16.2. The number of alkyl halides is 3. The number of amides is 1. The predicted octanol–water partition coefficient (Wildman–Crippen LogP) is 4.69. The van der Waals surface area contributed by atoms with Crippen molar-refractivity contribution in [1.82, 2.24) is 19.9 Å². The number of nitrogens with one attached hydrogen (secondary N) is 1. The summed E-state index contributed by atoms with van der Waals surface area (Å²) in [6.07, 6.45) is -1.47. The highest BCUT2D eigenvalue weighted by Gasteiger charge is 2.31. The molecule has 0 fully saturated rings. The van der Waals surface area contributed by atoms with E-state index in [1.54, 1.807) is 10.6 Å². The zero-order chi connectivity index (χ0) is 20.7. The van der Waals surface area contributed by atoms with Gasteiger partial charge in [0.25, 0.3) is 0 Å². The summed E-state index contributed by atoms with van der Waals surface area (Å²) in [7, 11) is 0. The van der Waals surface area contributed by atoms with Gasteiger partial charge in [-0.3, -0.25) is 4.79 Å². The Labute approximate surface area is 164 Å². The van der Waals surface area contributed by atoms with Crippen LogP contribution in [0.2, 0.25) is 5.02 Å². The third-order valence-electron chi connectivity index (χ3n) is 3.89. The normalized spacial score (nSPS) is 12.4. The maximum atomic E-state index is 12.8. The molecule has 0 spiro atoms. The van der Waals surface area contributed by atoms with Crippen molar-refractivity contribution in [3.8, 4) is 11.1 Å². The molecule has 0 aliphatic heterocycles. The summed E-state index contributed by atoms with van der Waals surface area (Å²) in [5.41, 5.74) is 0.796. The molecular formula is C19H18ClF3N4O. The van der Waals surface area contributed by atoms with Gasteiger partial charge in [0.05, 0.1) is 11.9 Å². The van der Waals surface area contributed by atoms with Gasteiger partial charge in [-0.1, -0.05) is 17.7 Å². The monoisotopic (exact) mass is 410 g/mol. The molecule has 9 heteroatoms. The second kappa shape index (κ2) is 7.09. The lowest BCUT2D eigenvalue weighted by molar-refractivity contribution is -0.137. The van der Waals surface area contributed by atoms with E-state index in [0.29, 0.717) is 22.3 Å². The number of benzene rings is 1. The van der Waals surface area contributed by atoms with Gasteiger partial charge in [-0.2, -0.15) is 13.2 Å². The predicted molar refractivity (Wildman–Crippen MR) is 101 cm³/mol. The maximum absolute atomic E-state index is 12.8. The van der Waals surface area contributed by atoms with Gasteiger partial charge in [0.2, 0.25) is 5.91 Å². The number of pyridine rings is 1. The Morgan fingerprint density at radius 3 is 2.50 bits per heavy atom. The molecule has 5 nitrogen and oxygen atoms in total. The standard InChI is InChI=1S/C19H18ClF3N4O/c1-18(2,3)26-16(28)9-27-10-25-15-6-11(8-24-17(15)27)13-5-4-12(7-14(13)20)19(21,22)23/h4-8,10H,9H2,1-3H3,(H,26,28). The van der Waals surface area contributed by atoms with E-state index in [2.05, 4.69) is 15.3 Å². The van der Waals surface area contributed by atoms with Gasteiger partial charge in [-0.15, -0.1) is 0 Å². The van der Waals surface area contributed by atoms with Crippen LogP contribution in [-0.2, 0) is 17.5 Å².